The van der Waals surface area contributed by atoms with E-state index in [4.69, 9.17) is 0 Å². The van der Waals surface area contributed by atoms with E-state index in [1.54, 1.807) is 6.20 Å². The number of nitrogens with one attached hydrogen (secondary N) is 1. The van der Waals surface area contributed by atoms with Crippen molar-refractivity contribution in [2.75, 3.05) is 19.6 Å². The van der Waals surface area contributed by atoms with Crippen molar-refractivity contribution in [1.82, 2.24) is 15.2 Å². The van der Waals surface area contributed by atoms with Gasteiger partial charge in [0.05, 0.1) is 12.0 Å². The summed E-state index contributed by atoms with van der Waals surface area (Å²) < 4.78 is 0. The highest BCUT2D eigenvalue weighted by Gasteiger charge is 2.31. The van der Waals surface area contributed by atoms with Crippen LogP contribution in [0.15, 0.2) is 67.0 Å². The molecule has 4 rings (SSSR count). The van der Waals surface area contributed by atoms with Crippen molar-refractivity contribution in [3.8, 4) is 0 Å². The van der Waals surface area contributed by atoms with Gasteiger partial charge in [-0.3, -0.25) is 9.78 Å². The van der Waals surface area contributed by atoms with E-state index in [1.165, 1.54) is 10.8 Å². The summed E-state index contributed by atoms with van der Waals surface area (Å²) in [7, 11) is 0. The summed E-state index contributed by atoms with van der Waals surface area (Å²) in [5, 5.41) is 5.77. The van der Waals surface area contributed by atoms with Crippen LogP contribution >= 0.6 is 12.4 Å². The first-order chi connectivity index (χ1) is 12.7. The molecule has 2 aromatic carbocycles. The Morgan fingerprint density at radius 3 is 2.74 bits per heavy atom. The van der Waals surface area contributed by atoms with Gasteiger partial charge < -0.3 is 10.2 Å². The monoisotopic (exact) mass is 381 g/mol. The molecule has 2 atom stereocenters. The average molecular weight is 382 g/mol. The lowest BCUT2D eigenvalue weighted by Crippen LogP contribution is -2.49. The summed E-state index contributed by atoms with van der Waals surface area (Å²) in [5.41, 5.74) is 2.15. The summed E-state index contributed by atoms with van der Waals surface area (Å²) in [5.74, 6) is 0.00696. The van der Waals surface area contributed by atoms with Crippen LogP contribution in [0.3, 0.4) is 0 Å². The van der Waals surface area contributed by atoms with Crippen LogP contribution in [0.25, 0.3) is 10.8 Å². The normalized spacial score (nSPS) is 18.0. The second-order valence-corrected chi connectivity index (χ2v) is 6.87. The number of piperazine rings is 1. The van der Waals surface area contributed by atoms with Gasteiger partial charge in [0.1, 0.15) is 0 Å². The molecule has 0 radical (unpaired) electrons. The van der Waals surface area contributed by atoms with Gasteiger partial charge in [0.25, 0.3) is 0 Å². The number of nitrogens with zero attached hydrogens (tertiary/aromatic N) is 2. The van der Waals surface area contributed by atoms with Crippen molar-refractivity contribution in [3.63, 3.8) is 0 Å². The summed E-state index contributed by atoms with van der Waals surface area (Å²) >= 11 is 0. The predicted molar refractivity (Wildman–Crippen MR) is 111 cm³/mol. The Morgan fingerprint density at radius 1 is 1.15 bits per heavy atom. The zero-order valence-electron chi connectivity index (χ0n) is 15.3. The van der Waals surface area contributed by atoms with Crippen LogP contribution in [0.2, 0.25) is 0 Å². The largest absolute Gasteiger partial charge is 0.333 e. The Bertz CT molecular complexity index is 916. The van der Waals surface area contributed by atoms with Crippen LogP contribution in [0.4, 0.5) is 0 Å². The highest BCUT2D eigenvalue weighted by molar-refractivity contribution is 5.88. The summed E-state index contributed by atoms with van der Waals surface area (Å²) in [6, 6.07) is 18.6. The minimum atomic E-state index is -0.170. The molecule has 140 valence electrons. The van der Waals surface area contributed by atoms with Crippen LogP contribution in [0.5, 0.6) is 0 Å². The quantitative estimate of drug-likeness (QED) is 0.747. The highest BCUT2D eigenvalue weighted by Crippen LogP contribution is 2.28. The van der Waals surface area contributed by atoms with Crippen LogP contribution in [0, 0.1) is 0 Å². The molecule has 1 N–H and O–H groups in total. The number of hydrogen-bond acceptors (Lipinski definition) is 3. The number of benzene rings is 2. The van der Waals surface area contributed by atoms with Crippen molar-refractivity contribution in [2.45, 2.75) is 18.9 Å². The molecule has 1 saturated heterocycles. The molecule has 5 heteroatoms. The van der Waals surface area contributed by atoms with Crippen LogP contribution in [0.1, 0.15) is 30.0 Å². The molecule has 0 saturated carbocycles. The number of hydrogen-bond donors (Lipinski definition) is 1. The van der Waals surface area contributed by atoms with Gasteiger partial charge in [-0.25, -0.2) is 0 Å². The topological polar surface area (TPSA) is 45.2 Å². The van der Waals surface area contributed by atoms with Gasteiger partial charge in [0.15, 0.2) is 0 Å². The maximum Gasteiger partial charge on any atom is 0.230 e. The first-order valence-corrected chi connectivity index (χ1v) is 9.14. The average Bonchev–Trinajstić information content (AvgIpc) is 2.73. The number of fused-ring (bicyclic) bond motifs is 1. The van der Waals surface area contributed by atoms with Crippen molar-refractivity contribution in [3.05, 3.63) is 78.1 Å². The van der Waals surface area contributed by atoms with E-state index in [-0.39, 0.29) is 30.3 Å². The number of halogens is 1. The minimum absolute atomic E-state index is 0. The molecule has 27 heavy (non-hydrogen) atoms. The molecule has 0 bridgehead atoms. The Labute approximate surface area is 166 Å². The van der Waals surface area contributed by atoms with Gasteiger partial charge in [-0.2, -0.15) is 0 Å². The molecule has 1 aromatic heterocycles. The predicted octanol–water partition coefficient (Wildman–Crippen LogP) is 3.93. The standard InChI is InChI=1S/C22H23N3O.ClH/c1-16(18-9-8-17-5-2-3-6-19(17)13-18)22(26)25-12-11-24-15-21(25)20-7-4-10-23-14-20;/h2-10,13-14,16,21,24H,11-12,15H2,1H3;1H. The molecule has 1 fully saturated rings. The fourth-order valence-corrected chi connectivity index (χ4v) is 3.71. The number of carbonyl (C=O) groups excluding carboxylic acids is 1. The maximum atomic E-state index is 13.3. The smallest absolute Gasteiger partial charge is 0.230 e. The van der Waals surface area contributed by atoms with E-state index in [9.17, 15) is 4.79 Å². The lowest BCUT2D eigenvalue weighted by molar-refractivity contribution is -0.135. The van der Waals surface area contributed by atoms with Gasteiger partial charge in [-0.15, -0.1) is 12.4 Å². The van der Waals surface area contributed by atoms with E-state index in [0.717, 1.165) is 30.8 Å². The molecule has 2 unspecified atom stereocenters. The second kappa shape index (κ2) is 8.51. The minimum Gasteiger partial charge on any atom is -0.333 e. The summed E-state index contributed by atoms with van der Waals surface area (Å²) in [6.07, 6.45) is 3.63. The fourth-order valence-electron chi connectivity index (χ4n) is 3.71. The summed E-state index contributed by atoms with van der Waals surface area (Å²) in [6.45, 7) is 4.32. The second-order valence-electron chi connectivity index (χ2n) is 6.87. The highest BCUT2D eigenvalue weighted by atomic mass is 35.5. The molecule has 3 aromatic rings. The van der Waals surface area contributed by atoms with Gasteiger partial charge in [0, 0.05) is 32.0 Å². The molecule has 2 heterocycles. The van der Waals surface area contributed by atoms with Gasteiger partial charge >= 0.3 is 0 Å². The number of amides is 1. The zero-order chi connectivity index (χ0) is 17.9. The third-order valence-electron chi connectivity index (χ3n) is 5.24. The Hall–Kier alpha value is -2.43. The third-order valence-corrected chi connectivity index (χ3v) is 5.24. The van der Waals surface area contributed by atoms with Crippen LogP contribution in [-0.4, -0.2) is 35.4 Å². The number of rotatable bonds is 3. The molecular formula is C22H24ClN3O. The van der Waals surface area contributed by atoms with Crippen molar-refractivity contribution in [1.29, 1.82) is 0 Å². The Balaban J connectivity index is 0.00000210. The number of carbonyl (C=O) groups is 1. The van der Waals surface area contributed by atoms with Crippen LogP contribution < -0.4 is 5.32 Å². The van der Waals surface area contributed by atoms with E-state index in [0.29, 0.717) is 0 Å². The van der Waals surface area contributed by atoms with Gasteiger partial charge in [-0.05, 0) is 34.9 Å². The molecule has 0 aliphatic carbocycles. The van der Waals surface area contributed by atoms with E-state index < -0.39 is 0 Å². The first-order valence-electron chi connectivity index (χ1n) is 9.14. The molecule has 1 aliphatic rings. The maximum absolute atomic E-state index is 13.3. The van der Waals surface area contributed by atoms with E-state index in [2.05, 4.69) is 40.6 Å². The molecule has 4 nitrogen and oxygen atoms in total. The lowest BCUT2D eigenvalue weighted by atomic mass is 9.95. The van der Waals surface area contributed by atoms with E-state index in [1.807, 2.05) is 42.3 Å². The van der Waals surface area contributed by atoms with Crippen molar-refractivity contribution in [2.24, 2.45) is 0 Å². The molecule has 0 spiro atoms. The van der Waals surface area contributed by atoms with Crippen molar-refractivity contribution >= 4 is 29.1 Å². The SMILES string of the molecule is CC(C(=O)N1CCNCC1c1cccnc1)c1ccc2ccccc2c1.Cl. The fraction of sp³-hybridized carbons (Fsp3) is 0.273. The van der Waals surface area contributed by atoms with Crippen LogP contribution in [-0.2, 0) is 4.79 Å². The van der Waals surface area contributed by atoms with Gasteiger partial charge in [-0.1, -0.05) is 48.5 Å². The van der Waals surface area contributed by atoms with Crippen molar-refractivity contribution < 1.29 is 4.79 Å². The Kier molecular flexibility index (Phi) is 6.09. The number of aromatic nitrogens is 1. The first kappa shape index (κ1) is 19.3. The third kappa shape index (κ3) is 3.97. The van der Waals surface area contributed by atoms with E-state index >= 15 is 0 Å². The molecule has 1 amide bonds. The summed E-state index contributed by atoms with van der Waals surface area (Å²) in [4.78, 5) is 19.5. The van der Waals surface area contributed by atoms with Gasteiger partial charge in [0.2, 0.25) is 5.91 Å². The Morgan fingerprint density at radius 2 is 1.96 bits per heavy atom. The lowest BCUT2D eigenvalue weighted by Gasteiger charge is -2.38. The molecular weight excluding hydrogens is 358 g/mol. The zero-order valence-corrected chi connectivity index (χ0v) is 16.2. The molecule has 1 aliphatic heterocycles. The number of pyridine rings is 1.